The van der Waals surface area contributed by atoms with Crippen LogP contribution in [0.4, 0.5) is 5.69 Å². The van der Waals surface area contributed by atoms with Crippen molar-refractivity contribution in [3.8, 4) is 0 Å². The fourth-order valence-electron chi connectivity index (χ4n) is 3.09. The highest BCUT2D eigenvalue weighted by Crippen LogP contribution is 2.24. The van der Waals surface area contributed by atoms with E-state index < -0.39 is 0 Å². The minimum atomic E-state index is -0.288. The molecule has 2 aliphatic rings. The number of nitrogens with zero attached hydrogens (tertiary/aromatic N) is 2. The van der Waals surface area contributed by atoms with Gasteiger partial charge in [-0.2, -0.15) is 0 Å². The molecular weight excluding hydrogens is 294 g/mol. The summed E-state index contributed by atoms with van der Waals surface area (Å²) < 4.78 is 5.64. The molecule has 0 aliphatic carbocycles. The van der Waals surface area contributed by atoms with Crippen LogP contribution in [0.2, 0.25) is 0 Å². The summed E-state index contributed by atoms with van der Waals surface area (Å²) in [5, 5.41) is 2.94. The Kier molecular flexibility index (Phi) is 4.93. The maximum Gasteiger partial charge on any atom is 0.227 e. The molecule has 0 aromatic heterocycles. The highest BCUT2D eigenvalue weighted by atomic mass is 16.5. The standard InChI is InChI=1S/C17H23N3O3/c1-19-7-8-23-15(12-19)10-18-17(22)13-9-16(21)20(11-13)14-5-3-2-4-6-14/h2-6,13,15H,7-12H2,1H3,(H,18,22)/t13-,15-/m0/s1. The predicted octanol–water partition coefficient (Wildman–Crippen LogP) is 0.486. The van der Waals surface area contributed by atoms with E-state index in [0.29, 0.717) is 19.7 Å². The molecule has 124 valence electrons. The normalized spacial score (nSPS) is 25.6. The minimum Gasteiger partial charge on any atom is -0.374 e. The fourth-order valence-corrected chi connectivity index (χ4v) is 3.09. The van der Waals surface area contributed by atoms with E-state index in [4.69, 9.17) is 4.74 Å². The van der Waals surface area contributed by atoms with Crippen LogP contribution in [0.5, 0.6) is 0 Å². The topological polar surface area (TPSA) is 61.9 Å². The molecule has 0 spiro atoms. The first kappa shape index (κ1) is 16.0. The Bertz CT molecular complexity index is 563. The van der Waals surface area contributed by atoms with Crippen LogP contribution in [-0.2, 0) is 14.3 Å². The maximum absolute atomic E-state index is 12.3. The lowest BCUT2D eigenvalue weighted by atomic mass is 10.1. The van der Waals surface area contributed by atoms with E-state index >= 15 is 0 Å². The Morgan fingerprint density at radius 2 is 2.09 bits per heavy atom. The van der Waals surface area contributed by atoms with Crippen molar-refractivity contribution >= 4 is 17.5 Å². The quantitative estimate of drug-likeness (QED) is 0.878. The largest absolute Gasteiger partial charge is 0.374 e. The van der Waals surface area contributed by atoms with Crippen molar-refractivity contribution in [2.24, 2.45) is 5.92 Å². The van der Waals surface area contributed by atoms with Crippen LogP contribution in [0.1, 0.15) is 6.42 Å². The molecule has 2 aliphatic heterocycles. The molecule has 0 radical (unpaired) electrons. The van der Waals surface area contributed by atoms with Crippen LogP contribution in [0.3, 0.4) is 0 Å². The first-order chi connectivity index (χ1) is 11.1. The van der Waals surface area contributed by atoms with Gasteiger partial charge in [-0.3, -0.25) is 9.59 Å². The molecule has 6 heteroatoms. The van der Waals surface area contributed by atoms with Crippen molar-refractivity contribution in [1.29, 1.82) is 0 Å². The molecule has 6 nitrogen and oxygen atoms in total. The summed E-state index contributed by atoms with van der Waals surface area (Å²) in [6, 6.07) is 9.49. The molecule has 0 bridgehead atoms. The summed E-state index contributed by atoms with van der Waals surface area (Å²) in [5.74, 6) is -0.345. The molecule has 2 fully saturated rings. The van der Waals surface area contributed by atoms with E-state index in [1.54, 1.807) is 4.90 Å². The number of rotatable bonds is 4. The van der Waals surface area contributed by atoms with Crippen LogP contribution < -0.4 is 10.2 Å². The number of hydrogen-bond donors (Lipinski definition) is 1. The summed E-state index contributed by atoms with van der Waals surface area (Å²) in [5.41, 5.74) is 0.852. The zero-order valence-electron chi connectivity index (χ0n) is 13.4. The summed E-state index contributed by atoms with van der Waals surface area (Å²) in [4.78, 5) is 28.4. The average Bonchev–Trinajstić information content (AvgIpc) is 2.95. The van der Waals surface area contributed by atoms with Gasteiger partial charge >= 0.3 is 0 Å². The Labute approximate surface area is 136 Å². The van der Waals surface area contributed by atoms with Crippen LogP contribution in [0, 0.1) is 5.92 Å². The molecule has 2 heterocycles. The number of carbonyl (C=O) groups is 2. The number of benzene rings is 1. The molecule has 2 atom stereocenters. The SMILES string of the molecule is CN1CCO[C@@H](CNC(=O)[C@H]2CC(=O)N(c3ccccc3)C2)C1. The fraction of sp³-hybridized carbons (Fsp3) is 0.529. The molecule has 0 unspecified atom stereocenters. The summed E-state index contributed by atoms with van der Waals surface area (Å²) in [7, 11) is 2.05. The van der Waals surface area contributed by atoms with E-state index in [1.807, 2.05) is 37.4 Å². The first-order valence-electron chi connectivity index (χ1n) is 8.07. The van der Waals surface area contributed by atoms with Gasteiger partial charge in [0.05, 0.1) is 18.6 Å². The van der Waals surface area contributed by atoms with Gasteiger partial charge < -0.3 is 19.9 Å². The number of amides is 2. The van der Waals surface area contributed by atoms with Gasteiger partial charge in [0.25, 0.3) is 0 Å². The van der Waals surface area contributed by atoms with Crippen molar-refractivity contribution in [3.05, 3.63) is 30.3 Å². The van der Waals surface area contributed by atoms with Gasteiger partial charge in [0, 0.05) is 38.3 Å². The average molecular weight is 317 g/mol. The Balaban J connectivity index is 1.52. The van der Waals surface area contributed by atoms with Crippen LogP contribution in [0.15, 0.2) is 30.3 Å². The van der Waals surface area contributed by atoms with E-state index in [1.165, 1.54) is 0 Å². The molecule has 1 aromatic rings. The van der Waals surface area contributed by atoms with E-state index in [2.05, 4.69) is 10.2 Å². The highest BCUT2D eigenvalue weighted by Gasteiger charge is 2.35. The molecule has 23 heavy (non-hydrogen) atoms. The Morgan fingerprint density at radius 3 is 2.83 bits per heavy atom. The van der Waals surface area contributed by atoms with Crippen molar-refractivity contribution in [2.45, 2.75) is 12.5 Å². The summed E-state index contributed by atoms with van der Waals surface area (Å²) in [6.07, 6.45) is 0.298. The zero-order valence-corrected chi connectivity index (χ0v) is 13.4. The lowest BCUT2D eigenvalue weighted by Crippen LogP contribution is -2.47. The van der Waals surface area contributed by atoms with E-state index in [0.717, 1.165) is 18.8 Å². The van der Waals surface area contributed by atoms with Gasteiger partial charge in [0.2, 0.25) is 11.8 Å². The number of likely N-dealkylation sites (N-methyl/N-ethyl adjacent to an activating group) is 1. The van der Waals surface area contributed by atoms with Crippen molar-refractivity contribution in [2.75, 3.05) is 44.7 Å². The summed E-state index contributed by atoms with van der Waals surface area (Å²) >= 11 is 0. The number of anilines is 1. The molecule has 3 rings (SSSR count). The zero-order chi connectivity index (χ0) is 16.2. The minimum absolute atomic E-state index is 0.00463. The second-order valence-corrected chi connectivity index (χ2v) is 6.24. The van der Waals surface area contributed by atoms with Crippen LogP contribution >= 0.6 is 0 Å². The number of carbonyl (C=O) groups excluding carboxylic acids is 2. The van der Waals surface area contributed by atoms with Crippen molar-refractivity contribution in [1.82, 2.24) is 10.2 Å². The molecule has 1 N–H and O–H groups in total. The highest BCUT2D eigenvalue weighted by molar-refractivity contribution is 6.00. The lowest BCUT2D eigenvalue weighted by Gasteiger charge is -2.30. The number of nitrogens with one attached hydrogen (secondary N) is 1. The van der Waals surface area contributed by atoms with E-state index in [9.17, 15) is 9.59 Å². The van der Waals surface area contributed by atoms with Gasteiger partial charge in [-0.05, 0) is 19.2 Å². The second kappa shape index (κ2) is 7.10. The first-order valence-corrected chi connectivity index (χ1v) is 8.07. The molecule has 1 aromatic carbocycles. The van der Waals surface area contributed by atoms with Crippen molar-refractivity contribution in [3.63, 3.8) is 0 Å². The number of para-hydroxylation sites is 1. The van der Waals surface area contributed by atoms with Crippen molar-refractivity contribution < 1.29 is 14.3 Å². The van der Waals surface area contributed by atoms with E-state index in [-0.39, 0.29) is 30.3 Å². The van der Waals surface area contributed by atoms with Crippen LogP contribution in [0.25, 0.3) is 0 Å². The third-order valence-electron chi connectivity index (χ3n) is 4.41. The second-order valence-electron chi connectivity index (χ2n) is 6.24. The number of ether oxygens (including phenoxy) is 1. The Hall–Kier alpha value is -1.92. The monoisotopic (exact) mass is 317 g/mol. The van der Waals surface area contributed by atoms with Gasteiger partial charge in [-0.25, -0.2) is 0 Å². The smallest absolute Gasteiger partial charge is 0.227 e. The van der Waals surface area contributed by atoms with Gasteiger partial charge in [-0.1, -0.05) is 18.2 Å². The maximum atomic E-state index is 12.3. The molecule has 2 amide bonds. The molecule has 2 saturated heterocycles. The molecular formula is C17H23N3O3. The third-order valence-corrected chi connectivity index (χ3v) is 4.41. The molecule has 0 saturated carbocycles. The van der Waals surface area contributed by atoms with Gasteiger partial charge in [0.1, 0.15) is 0 Å². The number of morpholine rings is 1. The van der Waals surface area contributed by atoms with Crippen LogP contribution in [-0.4, -0.2) is 62.7 Å². The van der Waals surface area contributed by atoms with Gasteiger partial charge in [0.15, 0.2) is 0 Å². The summed E-state index contributed by atoms with van der Waals surface area (Å²) in [6.45, 7) is 3.38. The predicted molar refractivity (Wildman–Crippen MR) is 87.1 cm³/mol. The number of hydrogen-bond acceptors (Lipinski definition) is 4. The Morgan fingerprint density at radius 1 is 1.30 bits per heavy atom. The lowest BCUT2D eigenvalue weighted by molar-refractivity contribution is -0.127. The van der Waals surface area contributed by atoms with Gasteiger partial charge in [-0.15, -0.1) is 0 Å². The third kappa shape index (κ3) is 3.89.